The zero-order chi connectivity index (χ0) is 13.4. The van der Waals surface area contributed by atoms with Gasteiger partial charge in [0, 0.05) is 11.6 Å². The lowest BCUT2D eigenvalue weighted by Crippen LogP contribution is -2.21. The molecule has 2 aromatic rings. The van der Waals surface area contributed by atoms with Gasteiger partial charge < -0.3 is 15.5 Å². The van der Waals surface area contributed by atoms with E-state index in [4.69, 9.17) is 10.5 Å². The summed E-state index contributed by atoms with van der Waals surface area (Å²) in [6.45, 7) is 0. The molecular formula is C15H18N2O2. The second-order valence-corrected chi connectivity index (χ2v) is 5.26. The fourth-order valence-electron chi connectivity index (χ4n) is 2.69. The van der Waals surface area contributed by atoms with E-state index >= 15 is 0 Å². The Morgan fingerprint density at radius 3 is 2.95 bits per heavy atom. The van der Waals surface area contributed by atoms with Crippen LogP contribution in [-0.2, 0) is 4.79 Å². The number of hydrogen-bond donors (Lipinski definition) is 2. The van der Waals surface area contributed by atoms with Gasteiger partial charge in [0.25, 0.3) is 0 Å². The predicted octanol–water partition coefficient (Wildman–Crippen LogP) is 2.55. The molecule has 1 fully saturated rings. The van der Waals surface area contributed by atoms with Crippen LogP contribution in [0.2, 0.25) is 0 Å². The van der Waals surface area contributed by atoms with Crippen molar-refractivity contribution in [1.82, 2.24) is 4.98 Å². The Labute approximate surface area is 111 Å². The van der Waals surface area contributed by atoms with Gasteiger partial charge in [-0.1, -0.05) is 25.0 Å². The molecule has 0 radical (unpaired) electrons. The third kappa shape index (κ3) is 2.18. The number of fused-ring (bicyclic) bond motifs is 1. The number of nitrogens with two attached hydrogens (primary N) is 1. The number of primary amides is 1. The van der Waals surface area contributed by atoms with E-state index in [0.29, 0.717) is 5.92 Å². The number of ether oxygens (including phenoxy) is 1. The molecule has 4 nitrogen and oxygen atoms in total. The highest BCUT2D eigenvalue weighted by molar-refractivity contribution is 5.94. The van der Waals surface area contributed by atoms with Gasteiger partial charge >= 0.3 is 0 Å². The Bertz CT molecular complexity index is 614. The van der Waals surface area contributed by atoms with Crippen molar-refractivity contribution in [1.29, 1.82) is 0 Å². The van der Waals surface area contributed by atoms with Gasteiger partial charge in [-0.25, -0.2) is 0 Å². The molecule has 1 unspecified atom stereocenters. The topological polar surface area (TPSA) is 68.1 Å². The van der Waals surface area contributed by atoms with Crippen LogP contribution in [0.1, 0.15) is 30.7 Å². The lowest BCUT2D eigenvalue weighted by Gasteiger charge is -2.12. The zero-order valence-corrected chi connectivity index (χ0v) is 11.0. The van der Waals surface area contributed by atoms with E-state index < -0.39 is 0 Å². The maximum Gasteiger partial charge on any atom is 0.225 e. The number of benzene rings is 1. The lowest BCUT2D eigenvalue weighted by molar-refractivity contribution is -0.119. The first-order valence-corrected chi connectivity index (χ1v) is 6.64. The van der Waals surface area contributed by atoms with Crippen molar-refractivity contribution in [3.63, 3.8) is 0 Å². The third-order valence-electron chi connectivity index (χ3n) is 3.91. The molecule has 0 spiro atoms. The normalized spacial score (nSPS) is 16.5. The van der Waals surface area contributed by atoms with E-state index in [1.165, 1.54) is 12.8 Å². The van der Waals surface area contributed by atoms with Crippen LogP contribution in [0.4, 0.5) is 0 Å². The highest BCUT2D eigenvalue weighted by Gasteiger charge is 2.30. The summed E-state index contributed by atoms with van der Waals surface area (Å²) in [5.41, 5.74) is 7.51. The summed E-state index contributed by atoms with van der Waals surface area (Å²) in [5, 5.41) is 1.03. The van der Waals surface area contributed by atoms with Crippen LogP contribution >= 0.6 is 0 Å². The maximum absolute atomic E-state index is 11.7. The SMILES string of the molecule is COc1cccc2c(C(CC3CC3)C(N)=O)c[nH]c12. The molecule has 1 heterocycles. The summed E-state index contributed by atoms with van der Waals surface area (Å²) in [6.07, 6.45) is 5.19. The molecule has 1 saturated carbocycles. The van der Waals surface area contributed by atoms with Gasteiger partial charge in [-0.3, -0.25) is 4.79 Å². The molecule has 0 aliphatic heterocycles. The number of H-pyrrole nitrogens is 1. The van der Waals surface area contributed by atoms with Crippen LogP contribution < -0.4 is 10.5 Å². The van der Waals surface area contributed by atoms with E-state index in [0.717, 1.165) is 28.6 Å². The van der Waals surface area contributed by atoms with Crippen molar-refractivity contribution in [3.8, 4) is 5.75 Å². The van der Waals surface area contributed by atoms with Crippen LogP contribution in [0.25, 0.3) is 10.9 Å². The second-order valence-electron chi connectivity index (χ2n) is 5.26. The van der Waals surface area contributed by atoms with E-state index in [2.05, 4.69) is 4.98 Å². The summed E-state index contributed by atoms with van der Waals surface area (Å²) < 4.78 is 5.33. The van der Waals surface area contributed by atoms with E-state index in [9.17, 15) is 4.79 Å². The van der Waals surface area contributed by atoms with Crippen molar-refractivity contribution in [2.45, 2.75) is 25.2 Å². The molecule has 100 valence electrons. The van der Waals surface area contributed by atoms with Crippen molar-refractivity contribution in [2.75, 3.05) is 7.11 Å². The average Bonchev–Trinajstić information content (AvgIpc) is 3.13. The standard InChI is InChI=1S/C15H18N2O2/c1-19-13-4-2-3-10-12(8-17-14(10)13)11(15(16)18)7-9-5-6-9/h2-4,8-9,11,17H,5-7H2,1H3,(H2,16,18). The Morgan fingerprint density at radius 1 is 1.53 bits per heavy atom. The molecule has 1 aliphatic rings. The molecule has 19 heavy (non-hydrogen) atoms. The minimum atomic E-state index is -0.240. The average molecular weight is 258 g/mol. The van der Waals surface area contributed by atoms with Crippen LogP contribution in [0.5, 0.6) is 5.75 Å². The number of rotatable bonds is 5. The summed E-state index contributed by atoms with van der Waals surface area (Å²) in [6, 6.07) is 5.85. The Kier molecular flexibility index (Phi) is 2.93. The van der Waals surface area contributed by atoms with Crippen LogP contribution in [0.3, 0.4) is 0 Å². The van der Waals surface area contributed by atoms with Crippen LogP contribution in [-0.4, -0.2) is 18.0 Å². The Hall–Kier alpha value is -1.97. The van der Waals surface area contributed by atoms with E-state index in [1.54, 1.807) is 7.11 Å². The monoisotopic (exact) mass is 258 g/mol. The largest absolute Gasteiger partial charge is 0.495 e. The first kappa shape index (κ1) is 12.1. The fraction of sp³-hybridized carbons (Fsp3) is 0.400. The number of nitrogens with one attached hydrogen (secondary N) is 1. The van der Waals surface area contributed by atoms with Crippen molar-refractivity contribution in [3.05, 3.63) is 30.0 Å². The smallest absolute Gasteiger partial charge is 0.225 e. The van der Waals surface area contributed by atoms with Gasteiger partial charge in [0.05, 0.1) is 18.5 Å². The Morgan fingerprint density at radius 2 is 2.32 bits per heavy atom. The summed E-state index contributed by atoms with van der Waals surface area (Å²) in [7, 11) is 1.64. The molecule has 0 saturated heterocycles. The number of carbonyl (C=O) groups is 1. The van der Waals surface area contributed by atoms with E-state index in [1.807, 2.05) is 24.4 Å². The first-order valence-electron chi connectivity index (χ1n) is 6.64. The number of methoxy groups -OCH3 is 1. The third-order valence-corrected chi connectivity index (χ3v) is 3.91. The summed E-state index contributed by atoms with van der Waals surface area (Å²) >= 11 is 0. The van der Waals surface area contributed by atoms with Gasteiger partial charge in [-0.05, 0) is 24.0 Å². The number of aromatic nitrogens is 1. The summed E-state index contributed by atoms with van der Waals surface area (Å²) in [4.78, 5) is 14.9. The highest BCUT2D eigenvalue weighted by atomic mass is 16.5. The quantitative estimate of drug-likeness (QED) is 0.865. The number of carbonyl (C=O) groups excluding carboxylic acids is 1. The van der Waals surface area contributed by atoms with Crippen molar-refractivity contribution in [2.24, 2.45) is 11.7 Å². The van der Waals surface area contributed by atoms with Crippen LogP contribution in [0.15, 0.2) is 24.4 Å². The minimum Gasteiger partial charge on any atom is -0.495 e. The maximum atomic E-state index is 11.7. The van der Waals surface area contributed by atoms with Crippen molar-refractivity contribution >= 4 is 16.8 Å². The molecule has 1 aromatic carbocycles. The molecule has 3 N–H and O–H groups in total. The summed E-state index contributed by atoms with van der Waals surface area (Å²) in [5.74, 6) is 1.01. The first-order chi connectivity index (χ1) is 9.20. The molecule has 1 atom stereocenters. The molecule has 1 aromatic heterocycles. The minimum absolute atomic E-state index is 0.201. The number of hydrogen-bond acceptors (Lipinski definition) is 2. The van der Waals surface area contributed by atoms with Gasteiger partial charge in [0.15, 0.2) is 0 Å². The van der Waals surface area contributed by atoms with E-state index in [-0.39, 0.29) is 11.8 Å². The molecule has 4 heteroatoms. The molecule has 1 amide bonds. The number of aromatic amines is 1. The molecule has 3 rings (SSSR count). The zero-order valence-electron chi connectivity index (χ0n) is 11.0. The van der Waals surface area contributed by atoms with Gasteiger partial charge in [-0.15, -0.1) is 0 Å². The number of amides is 1. The van der Waals surface area contributed by atoms with Gasteiger partial charge in [0.1, 0.15) is 5.75 Å². The lowest BCUT2D eigenvalue weighted by atomic mass is 9.92. The molecule has 0 bridgehead atoms. The van der Waals surface area contributed by atoms with Gasteiger partial charge in [-0.2, -0.15) is 0 Å². The predicted molar refractivity (Wildman–Crippen MR) is 74.1 cm³/mol. The van der Waals surface area contributed by atoms with Gasteiger partial charge in [0.2, 0.25) is 5.91 Å². The number of para-hydroxylation sites is 1. The molecule has 1 aliphatic carbocycles. The van der Waals surface area contributed by atoms with Crippen LogP contribution in [0, 0.1) is 5.92 Å². The Balaban J connectivity index is 2.05. The fourth-order valence-corrected chi connectivity index (χ4v) is 2.69. The highest BCUT2D eigenvalue weighted by Crippen LogP contribution is 2.41. The molecular weight excluding hydrogens is 240 g/mol. The van der Waals surface area contributed by atoms with Crippen molar-refractivity contribution < 1.29 is 9.53 Å². The second kappa shape index (κ2) is 4.61.